The van der Waals surface area contributed by atoms with Crippen molar-refractivity contribution in [3.63, 3.8) is 0 Å². The lowest BCUT2D eigenvalue weighted by Crippen LogP contribution is -2.16. The molecule has 1 aromatic rings. The second-order valence-electron chi connectivity index (χ2n) is 4.70. The lowest BCUT2D eigenvalue weighted by Gasteiger charge is -2.10. The Kier molecular flexibility index (Phi) is 5.28. The molecule has 0 saturated heterocycles. The van der Waals surface area contributed by atoms with Gasteiger partial charge in [-0.15, -0.1) is 0 Å². The van der Waals surface area contributed by atoms with E-state index in [1.165, 1.54) is 12.1 Å². The summed E-state index contributed by atoms with van der Waals surface area (Å²) in [4.78, 5) is 0. The fourth-order valence-corrected chi connectivity index (χ4v) is 3.63. The normalized spacial score (nSPS) is 13.6. The van der Waals surface area contributed by atoms with E-state index in [2.05, 4.69) is 0 Å². The first-order valence-corrected chi connectivity index (χ1v) is 7.88. The number of hydrogen-bond donors (Lipinski definition) is 1. The molecule has 0 saturated carbocycles. The van der Waals surface area contributed by atoms with Gasteiger partial charge in [0.15, 0.2) is 9.84 Å². The van der Waals surface area contributed by atoms with Gasteiger partial charge in [0, 0.05) is 12.1 Å². The summed E-state index contributed by atoms with van der Waals surface area (Å²) in [7, 11) is -3.27. The third-order valence-corrected chi connectivity index (χ3v) is 4.78. The molecule has 18 heavy (non-hydrogen) atoms. The van der Waals surface area contributed by atoms with Gasteiger partial charge >= 0.3 is 0 Å². The van der Waals surface area contributed by atoms with E-state index < -0.39 is 15.7 Å². The highest BCUT2D eigenvalue weighted by atomic mass is 32.2. The maximum atomic E-state index is 13.6. The number of halogens is 1. The molecule has 5 heteroatoms. The number of rotatable bonds is 6. The van der Waals surface area contributed by atoms with Gasteiger partial charge in [-0.25, -0.2) is 12.8 Å². The maximum Gasteiger partial charge on any atom is 0.154 e. The number of nitrogens with two attached hydrogens (primary N) is 1. The molecule has 2 N–H and O–H groups in total. The summed E-state index contributed by atoms with van der Waals surface area (Å²) >= 11 is 0. The van der Waals surface area contributed by atoms with Gasteiger partial charge in [0.2, 0.25) is 0 Å². The summed E-state index contributed by atoms with van der Waals surface area (Å²) in [5.74, 6) is -0.553. The monoisotopic (exact) mass is 273 g/mol. The van der Waals surface area contributed by atoms with Crippen LogP contribution >= 0.6 is 0 Å². The molecule has 0 bridgehead atoms. The second kappa shape index (κ2) is 6.29. The van der Waals surface area contributed by atoms with Crippen molar-refractivity contribution < 1.29 is 12.8 Å². The van der Waals surface area contributed by atoms with Crippen LogP contribution in [0.5, 0.6) is 0 Å². The van der Waals surface area contributed by atoms with E-state index >= 15 is 0 Å². The van der Waals surface area contributed by atoms with Crippen LogP contribution < -0.4 is 5.73 Å². The molecule has 0 heterocycles. The highest BCUT2D eigenvalue weighted by Crippen LogP contribution is 2.16. The van der Waals surface area contributed by atoms with Gasteiger partial charge in [0.05, 0.1) is 11.5 Å². The fourth-order valence-electron chi connectivity index (χ4n) is 1.71. The topological polar surface area (TPSA) is 60.2 Å². The largest absolute Gasteiger partial charge is 0.326 e. The zero-order valence-electron chi connectivity index (χ0n) is 10.8. The van der Waals surface area contributed by atoms with E-state index in [9.17, 15) is 12.8 Å². The smallest absolute Gasteiger partial charge is 0.154 e. The van der Waals surface area contributed by atoms with Gasteiger partial charge in [-0.05, 0) is 17.5 Å². The molecular formula is C13H20FNO2S. The molecule has 3 nitrogen and oxygen atoms in total. The van der Waals surface area contributed by atoms with Crippen LogP contribution in [0.3, 0.4) is 0 Å². The minimum atomic E-state index is -3.27. The van der Waals surface area contributed by atoms with E-state index in [-0.39, 0.29) is 29.5 Å². The van der Waals surface area contributed by atoms with Crippen molar-refractivity contribution in [3.05, 3.63) is 35.1 Å². The van der Waals surface area contributed by atoms with Gasteiger partial charge in [-0.1, -0.05) is 32.4 Å². The van der Waals surface area contributed by atoms with Crippen molar-refractivity contribution in [1.82, 2.24) is 0 Å². The van der Waals surface area contributed by atoms with Gasteiger partial charge in [-0.2, -0.15) is 0 Å². The fraction of sp³-hybridized carbons (Fsp3) is 0.538. The molecule has 102 valence electrons. The highest BCUT2D eigenvalue weighted by Gasteiger charge is 2.18. The Bertz CT molecular complexity index is 500. The average Bonchev–Trinajstić information content (AvgIpc) is 2.31. The van der Waals surface area contributed by atoms with Crippen molar-refractivity contribution in [3.8, 4) is 0 Å². The third kappa shape index (κ3) is 4.38. The number of sulfone groups is 1. The first-order chi connectivity index (χ1) is 8.38. The Morgan fingerprint density at radius 3 is 2.61 bits per heavy atom. The first kappa shape index (κ1) is 15.1. The average molecular weight is 273 g/mol. The van der Waals surface area contributed by atoms with Crippen LogP contribution in [0.15, 0.2) is 18.2 Å². The van der Waals surface area contributed by atoms with E-state index in [1.807, 2.05) is 13.8 Å². The summed E-state index contributed by atoms with van der Waals surface area (Å²) in [5, 5.41) is 0. The molecular weight excluding hydrogens is 253 g/mol. The highest BCUT2D eigenvalue weighted by molar-refractivity contribution is 7.90. The van der Waals surface area contributed by atoms with Crippen molar-refractivity contribution in [2.75, 3.05) is 5.75 Å². The summed E-state index contributed by atoms with van der Waals surface area (Å²) in [6.45, 7) is 4.10. The van der Waals surface area contributed by atoms with Gasteiger partial charge in [-0.3, -0.25) is 0 Å². The quantitative estimate of drug-likeness (QED) is 0.864. The minimum absolute atomic E-state index is 0.0930. The third-order valence-electron chi connectivity index (χ3n) is 2.96. The van der Waals surface area contributed by atoms with Crippen LogP contribution in [0.4, 0.5) is 4.39 Å². The Labute approximate surface area is 108 Å². The molecule has 0 aromatic heterocycles. The number of hydrogen-bond acceptors (Lipinski definition) is 3. The molecule has 1 aromatic carbocycles. The molecule has 0 fully saturated rings. The Morgan fingerprint density at radius 2 is 2.06 bits per heavy atom. The van der Waals surface area contributed by atoms with E-state index in [4.69, 9.17) is 5.73 Å². The summed E-state index contributed by atoms with van der Waals surface area (Å²) < 4.78 is 37.4. The predicted octanol–water partition coefficient (Wildman–Crippen LogP) is 2.25. The lowest BCUT2D eigenvalue weighted by molar-refractivity contribution is 0.560. The molecule has 1 atom stereocenters. The summed E-state index contributed by atoms with van der Waals surface area (Å²) in [5.41, 5.74) is 6.41. The van der Waals surface area contributed by atoms with Gasteiger partial charge in [0.1, 0.15) is 5.82 Å². The van der Waals surface area contributed by atoms with Crippen molar-refractivity contribution in [1.29, 1.82) is 0 Å². The SMILES string of the molecule is CCC(C)CS(=O)(=O)Cc1cc(CN)ccc1F. The standard InChI is InChI=1S/C13H20FNO2S/c1-3-10(2)8-18(16,17)9-12-6-11(7-15)4-5-13(12)14/h4-6,10H,3,7-9,15H2,1-2H3. The molecule has 0 aliphatic heterocycles. The van der Waals surface area contributed by atoms with E-state index in [0.29, 0.717) is 0 Å². The van der Waals surface area contributed by atoms with Crippen molar-refractivity contribution in [2.24, 2.45) is 11.7 Å². The number of benzene rings is 1. The Balaban J connectivity index is 2.89. The van der Waals surface area contributed by atoms with Gasteiger partial charge in [0.25, 0.3) is 0 Å². The van der Waals surface area contributed by atoms with Crippen molar-refractivity contribution >= 4 is 9.84 Å². The second-order valence-corrected chi connectivity index (χ2v) is 6.81. The Morgan fingerprint density at radius 1 is 1.39 bits per heavy atom. The molecule has 1 unspecified atom stereocenters. The summed E-state index contributed by atoms with van der Waals surface area (Å²) in [6, 6.07) is 4.37. The molecule has 0 spiro atoms. The van der Waals surface area contributed by atoms with Crippen LogP contribution in [0.1, 0.15) is 31.4 Å². The first-order valence-electron chi connectivity index (χ1n) is 6.05. The van der Waals surface area contributed by atoms with Crippen LogP contribution in [-0.4, -0.2) is 14.2 Å². The minimum Gasteiger partial charge on any atom is -0.326 e. The molecule has 1 rings (SSSR count). The summed E-state index contributed by atoms with van der Waals surface area (Å²) in [6.07, 6.45) is 0.796. The van der Waals surface area contributed by atoms with Crippen LogP contribution in [-0.2, 0) is 22.1 Å². The molecule has 0 aliphatic rings. The van der Waals surface area contributed by atoms with Gasteiger partial charge < -0.3 is 5.73 Å². The van der Waals surface area contributed by atoms with E-state index in [1.54, 1.807) is 6.07 Å². The van der Waals surface area contributed by atoms with Crippen LogP contribution in [0.2, 0.25) is 0 Å². The zero-order valence-corrected chi connectivity index (χ0v) is 11.6. The predicted molar refractivity (Wildman–Crippen MR) is 71.2 cm³/mol. The molecule has 0 aliphatic carbocycles. The maximum absolute atomic E-state index is 13.6. The lowest BCUT2D eigenvalue weighted by atomic mass is 10.1. The zero-order chi connectivity index (χ0) is 13.8. The van der Waals surface area contributed by atoms with Crippen LogP contribution in [0.25, 0.3) is 0 Å². The van der Waals surface area contributed by atoms with Crippen LogP contribution in [0, 0.1) is 11.7 Å². The van der Waals surface area contributed by atoms with E-state index in [0.717, 1.165) is 12.0 Å². The molecule has 0 amide bonds. The molecule has 0 radical (unpaired) electrons. The Hall–Kier alpha value is -0.940. The van der Waals surface area contributed by atoms with Crippen molar-refractivity contribution in [2.45, 2.75) is 32.6 Å².